The molecule has 0 saturated carbocycles. The summed E-state index contributed by atoms with van der Waals surface area (Å²) in [5.74, 6) is 1.43. The number of allylic oxidation sites excluding steroid dienone is 4. The van der Waals surface area contributed by atoms with Crippen LogP contribution in [-0.4, -0.2) is 27.7 Å². The fraction of sp³-hybridized carbons (Fsp3) is 0.433. The number of aliphatic hydroxyl groups is 1. The van der Waals surface area contributed by atoms with Gasteiger partial charge in [-0.15, -0.1) is 0 Å². The number of ketones is 1. The van der Waals surface area contributed by atoms with Gasteiger partial charge in [0, 0.05) is 12.0 Å². The first kappa shape index (κ1) is 25.1. The number of rotatable bonds is 6. The second-order valence-electron chi connectivity index (χ2n) is 10.8. The van der Waals surface area contributed by atoms with E-state index in [0.29, 0.717) is 36.1 Å². The molecule has 5 heteroatoms. The van der Waals surface area contributed by atoms with Crippen molar-refractivity contribution >= 4 is 5.78 Å². The number of hydrogen-bond donors (Lipinski definition) is 2. The van der Waals surface area contributed by atoms with E-state index in [1.807, 2.05) is 19.9 Å². The highest BCUT2D eigenvalue weighted by atomic mass is 16.5. The molecule has 0 fully saturated rings. The largest absolute Gasteiger partial charge is 0.508 e. The van der Waals surface area contributed by atoms with Crippen molar-refractivity contribution in [3.63, 3.8) is 0 Å². The van der Waals surface area contributed by atoms with Gasteiger partial charge in [-0.05, 0) is 95.3 Å². The molecule has 2 aliphatic heterocycles. The van der Waals surface area contributed by atoms with E-state index in [9.17, 15) is 15.0 Å². The van der Waals surface area contributed by atoms with E-state index in [4.69, 9.17) is 9.47 Å². The molecule has 2 aromatic carbocycles. The topological polar surface area (TPSA) is 76.0 Å². The van der Waals surface area contributed by atoms with Crippen molar-refractivity contribution in [2.24, 2.45) is 0 Å². The Kier molecular flexibility index (Phi) is 6.83. The Morgan fingerprint density at radius 3 is 2.34 bits per heavy atom. The van der Waals surface area contributed by atoms with Crippen LogP contribution in [0.3, 0.4) is 0 Å². The third kappa shape index (κ3) is 5.30. The van der Waals surface area contributed by atoms with Gasteiger partial charge in [0.2, 0.25) is 0 Å². The fourth-order valence-corrected chi connectivity index (χ4v) is 4.64. The number of aromatic hydroxyl groups is 1. The minimum Gasteiger partial charge on any atom is -0.508 e. The SMILES string of the molecule is CC(C)=CCc1cc([C@@H]2CC(=O)c3ccc(O)c(CC=C(C)C)c3O2)cc2c1O[C@@H](C(C)(C)O)C2. The van der Waals surface area contributed by atoms with Crippen LogP contribution in [0.25, 0.3) is 0 Å². The molecule has 0 unspecified atom stereocenters. The van der Waals surface area contributed by atoms with Crippen LogP contribution >= 0.6 is 0 Å². The summed E-state index contributed by atoms with van der Waals surface area (Å²) >= 11 is 0. The average Bonchev–Trinajstić information content (AvgIpc) is 3.21. The molecule has 4 rings (SSSR count). The number of Topliss-reactive ketones (excluding diaryl/α,β-unsaturated/α-hetero) is 1. The number of phenols is 1. The molecular weight excluding hydrogens is 440 g/mol. The molecule has 0 bridgehead atoms. The van der Waals surface area contributed by atoms with Crippen molar-refractivity contribution in [2.75, 3.05) is 0 Å². The second-order valence-corrected chi connectivity index (χ2v) is 10.8. The highest BCUT2D eigenvalue weighted by molar-refractivity contribution is 6.00. The van der Waals surface area contributed by atoms with Crippen LogP contribution in [0.5, 0.6) is 17.2 Å². The highest BCUT2D eigenvalue weighted by Gasteiger charge is 2.37. The third-order valence-electron chi connectivity index (χ3n) is 6.70. The van der Waals surface area contributed by atoms with Gasteiger partial charge in [-0.2, -0.15) is 0 Å². The van der Waals surface area contributed by atoms with Crippen LogP contribution in [0.1, 0.15) is 86.7 Å². The van der Waals surface area contributed by atoms with Crippen LogP contribution in [-0.2, 0) is 19.3 Å². The molecule has 0 aliphatic carbocycles. The van der Waals surface area contributed by atoms with Gasteiger partial charge in [-0.25, -0.2) is 0 Å². The number of carbonyl (C=O) groups is 1. The lowest BCUT2D eigenvalue weighted by molar-refractivity contribution is -0.0231. The van der Waals surface area contributed by atoms with E-state index in [0.717, 1.165) is 28.0 Å². The van der Waals surface area contributed by atoms with Crippen LogP contribution < -0.4 is 9.47 Å². The Morgan fingerprint density at radius 2 is 1.69 bits per heavy atom. The average molecular weight is 477 g/mol. The number of carbonyl (C=O) groups excluding carboxylic acids is 1. The molecule has 2 aliphatic rings. The van der Waals surface area contributed by atoms with E-state index < -0.39 is 11.7 Å². The van der Waals surface area contributed by atoms with Gasteiger partial charge in [0.25, 0.3) is 0 Å². The minimum absolute atomic E-state index is 0.00617. The fourth-order valence-electron chi connectivity index (χ4n) is 4.64. The standard InChI is InChI=1S/C30H36O5/c1-17(2)7-9-19-13-20(14-21-15-27(30(5,6)33)35-28(19)21)26-16-25(32)23-11-12-24(31)22(29(23)34-26)10-8-18(3)4/h7-8,11-14,26-27,31,33H,9-10,15-16H2,1-6H3/t26-,27+/m0/s1. The van der Waals surface area contributed by atoms with Crippen molar-refractivity contribution < 1.29 is 24.5 Å². The molecule has 0 radical (unpaired) electrons. The van der Waals surface area contributed by atoms with Gasteiger partial charge in [-0.3, -0.25) is 4.79 Å². The van der Waals surface area contributed by atoms with Crippen molar-refractivity contribution in [2.45, 2.75) is 85.0 Å². The molecule has 2 heterocycles. The quantitative estimate of drug-likeness (QED) is 0.486. The van der Waals surface area contributed by atoms with Gasteiger partial charge in [0.1, 0.15) is 29.5 Å². The van der Waals surface area contributed by atoms with Gasteiger partial charge < -0.3 is 19.7 Å². The maximum atomic E-state index is 13.1. The zero-order chi connectivity index (χ0) is 25.5. The Morgan fingerprint density at radius 1 is 1.00 bits per heavy atom. The molecule has 35 heavy (non-hydrogen) atoms. The lowest BCUT2D eigenvalue weighted by atomic mass is 9.90. The molecular formula is C30H36O5. The summed E-state index contributed by atoms with van der Waals surface area (Å²) in [7, 11) is 0. The summed E-state index contributed by atoms with van der Waals surface area (Å²) in [6.45, 7) is 11.7. The highest BCUT2D eigenvalue weighted by Crippen LogP contribution is 2.44. The number of ether oxygens (including phenoxy) is 2. The van der Waals surface area contributed by atoms with Gasteiger partial charge in [0.15, 0.2) is 5.78 Å². The van der Waals surface area contributed by atoms with Crippen molar-refractivity contribution in [1.29, 1.82) is 0 Å². The zero-order valence-electron chi connectivity index (χ0n) is 21.6. The van der Waals surface area contributed by atoms with Crippen molar-refractivity contribution in [3.05, 3.63) is 75.4 Å². The molecule has 0 amide bonds. The predicted octanol–water partition coefficient (Wildman–Crippen LogP) is 6.19. The first-order valence-electron chi connectivity index (χ1n) is 12.3. The smallest absolute Gasteiger partial charge is 0.170 e. The summed E-state index contributed by atoms with van der Waals surface area (Å²) < 4.78 is 12.7. The summed E-state index contributed by atoms with van der Waals surface area (Å²) in [5, 5.41) is 21.1. The van der Waals surface area contributed by atoms with Crippen LogP contribution in [0.4, 0.5) is 0 Å². The molecule has 2 aromatic rings. The molecule has 186 valence electrons. The maximum Gasteiger partial charge on any atom is 0.170 e. The lowest BCUT2D eigenvalue weighted by Crippen LogP contribution is -2.39. The van der Waals surface area contributed by atoms with Crippen molar-refractivity contribution in [1.82, 2.24) is 0 Å². The van der Waals surface area contributed by atoms with E-state index in [1.54, 1.807) is 26.0 Å². The minimum atomic E-state index is -0.972. The molecule has 5 nitrogen and oxygen atoms in total. The van der Waals surface area contributed by atoms with E-state index in [-0.39, 0.29) is 24.1 Å². The van der Waals surface area contributed by atoms with E-state index >= 15 is 0 Å². The molecule has 0 spiro atoms. The third-order valence-corrected chi connectivity index (χ3v) is 6.70. The number of hydrogen-bond acceptors (Lipinski definition) is 5. The molecule has 0 aromatic heterocycles. The molecule has 0 saturated heterocycles. The first-order chi connectivity index (χ1) is 16.4. The lowest BCUT2D eigenvalue weighted by Gasteiger charge is -2.28. The Bertz CT molecular complexity index is 1200. The molecule has 2 atom stereocenters. The maximum absolute atomic E-state index is 13.1. The van der Waals surface area contributed by atoms with E-state index in [1.165, 1.54) is 5.57 Å². The summed E-state index contributed by atoms with van der Waals surface area (Å²) in [4.78, 5) is 13.1. The monoisotopic (exact) mass is 476 g/mol. The normalized spacial score (nSPS) is 18.8. The Labute approximate surface area is 208 Å². The Balaban J connectivity index is 1.75. The second kappa shape index (κ2) is 9.54. The van der Waals surface area contributed by atoms with Crippen molar-refractivity contribution in [3.8, 4) is 17.2 Å². The van der Waals surface area contributed by atoms with Gasteiger partial charge >= 0.3 is 0 Å². The summed E-state index contributed by atoms with van der Waals surface area (Å²) in [6.07, 6.45) is 5.40. The number of fused-ring (bicyclic) bond motifs is 2. The van der Waals surface area contributed by atoms with Crippen LogP contribution in [0.15, 0.2) is 47.6 Å². The van der Waals surface area contributed by atoms with Gasteiger partial charge in [0.05, 0.1) is 17.6 Å². The zero-order valence-corrected chi connectivity index (χ0v) is 21.6. The van der Waals surface area contributed by atoms with Crippen LogP contribution in [0.2, 0.25) is 0 Å². The predicted molar refractivity (Wildman–Crippen MR) is 138 cm³/mol. The van der Waals surface area contributed by atoms with Crippen LogP contribution in [0, 0.1) is 0 Å². The first-order valence-corrected chi connectivity index (χ1v) is 12.3. The summed E-state index contributed by atoms with van der Waals surface area (Å²) in [5.41, 5.74) is 5.48. The number of benzene rings is 2. The summed E-state index contributed by atoms with van der Waals surface area (Å²) in [6, 6.07) is 7.34. The van der Waals surface area contributed by atoms with Gasteiger partial charge in [-0.1, -0.05) is 23.3 Å². The van der Waals surface area contributed by atoms with E-state index in [2.05, 4.69) is 32.1 Å². The Hall–Kier alpha value is -3.05. The number of phenolic OH excluding ortho intramolecular Hbond substituents is 1. The molecule has 2 N–H and O–H groups in total.